The van der Waals surface area contributed by atoms with E-state index >= 15 is 0 Å². The van der Waals surface area contributed by atoms with E-state index in [0.29, 0.717) is 6.54 Å². The lowest BCUT2D eigenvalue weighted by Crippen LogP contribution is -2.50. The van der Waals surface area contributed by atoms with Crippen molar-refractivity contribution in [1.82, 2.24) is 4.90 Å². The molecule has 0 amide bonds. The Kier molecular flexibility index (Phi) is 4.67. The van der Waals surface area contributed by atoms with Gasteiger partial charge in [0, 0.05) is 19.7 Å². The fourth-order valence-corrected chi connectivity index (χ4v) is 4.53. The molecule has 1 fully saturated rings. The number of likely N-dealkylation sites (N-methyl/N-ethyl adjacent to an activating group) is 1. The highest BCUT2D eigenvalue weighted by Crippen LogP contribution is 2.49. The van der Waals surface area contributed by atoms with Gasteiger partial charge in [-0.05, 0) is 51.9 Å². The number of benzene rings is 1. The topological polar surface area (TPSA) is 57.2 Å². The third-order valence-corrected chi connectivity index (χ3v) is 6.15. The van der Waals surface area contributed by atoms with E-state index in [0.717, 1.165) is 23.5 Å². The summed E-state index contributed by atoms with van der Waals surface area (Å²) in [5, 5.41) is 0. The van der Waals surface area contributed by atoms with Crippen LogP contribution in [-0.4, -0.2) is 56.6 Å². The largest absolute Gasteiger partial charge is 0.459 e. The highest BCUT2D eigenvalue weighted by molar-refractivity contribution is 5.76. The number of ether oxygens (including phenoxy) is 4. The van der Waals surface area contributed by atoms with Crippen molar-refractivity contribution in [2.24, 2.45) is 5.41 Å². The first-order valence-corrected chi connectivity index (χ1v) is 9.79. The average Bonchev–Trinajstić information content (AvgIpc) is 3.23. The number of hydrogen-bond acceptors (Lipinski definition) is 6. The van der Waals surface area contributed by atoms with Gasteiger partial charge < -0.3 is 18.9 Å². The van der Waals surface area contributed by atoms with Crippen molar-refractivity contribution in [3.63, 3.8) is 0 Å². The fraction of sp³-hybridized carbons (Fsp3) is 0.591. The van der Waals surface area contributed by atoms with Crippen molar-refractivity contribution in [2.45, 2.75) is 50.9 Å². The molecule has 0 saturated carbocycles. The maximum Gasteiger partial charge on any atom is 0.311 e. The summed E-state index contributed by atoms with van der Waals surface area (Å²) in [6.45, 7) is 6.56. The normalized spacial score (nSPS) is 31.7. The Bertz CT molecular complexity index is 799. The molecule has 3 aliphatic rings. The van der Waals surface area contributed by atoms with Crippen LogP contribution in [0.25, 0.3) is 0 Å². The second kappa shape index (κ2) is 6.78. The molecule has 28 heavy (non-hydrogen) atoms. The molecule has 0 spiro atoms. The summed E-state index contributed by atoms with van der Waals surface area (Å²) in [4.78, 5) is 15.0. The van der Waals surface area contributed by atoms with Crippen molar-refractivity contribution < 1.29 is 23.7 Å². The molecular formula is C22H29NO5. The minimum atomic E-state index is -0.555. The molecule has 0 unspecified atom stereocenters. The maximum atomic E-state index is 12.7. The Morgan fingerprint density at radius 3 is 2.71 bits per heavy atom. The number of nitrogens with zero attached hydrogens (tertiary/aromatic N) is 1. The van der Waals surface area contributed by atoms with Gasteiger partial charge in [-0.15, -0.1) is 0 Å². The van der Waals surface area contributed by atoms with Crippen LogP contribution >= 0.6 is 0 Å². The summed E-state index contributed by atoms with van der Waals surface area (Å²) in [5.74, 6) is 1.30. The number of carbonyl (C=O) groups is 1. The maximum absolute atomic E-state index is 12.7. The highest BCUT2D eigenvalue weighted by atomic mass is 16.7. The van der Waals surface area contributed by atoms with Crippen LogP contribution in [0.3, 0.4) is 0 Å². The average molecular weight is 387 g/mol. The molecule has 4 atom stereocenters. The van der Waals surface area contributed by atoms with Gasteiger partial charge in [-0.25, -0.2) is 0 Å². The summed E-state index contributed by atoms with van der Waals surface area (Å²) >= 11 is 0. The van der Waals surface area contributed by atoms with E-state index in [4.69, 9.17) is 18.9 Å². The predicted octanol–water partition coefficient (Wildman–Crippen LogP) is 2.90. The van der Waals surface area contributed by atoms with Gasteiger partial charge in [-0.1, -0.05) is 18.2 Å². The smallest absolute Gasteiger partial charge is 0.311 e. The number of hydrogen-bond donors (Lipinski definition) is 0. The second-order valence-electron chi connectivity index (χ2n) is 8.97. The highest BCUT2D eigenvalue weighted by Gasteiger charge is 2.57. The van der Waals surface area contributed by atoms with Gasteiger partial charge >= 0.3 is 5.97 Å². The summed E-state index contributed by atoms with van der Waals surface area (Å²) in [6.07, 6.45) is 4.87. The van der Waals surface area contributed by atoms with Gasteiger partial charge in [0.15, 0.2) is 11.5 Å². The van der Waals surface area contributed by atoms with Crippen LogP contribution in [0.4, 0.5) is 0 Å². The van der Waals surface area contributed by atoms with Gasteiger partial charge in [0.25, 0.3) is 0 Å². The van der Waals surface area contributed by atoms with E-state index < -0.39 is 10.8 Å². The monoisotopic (exact) mass is 387 g/mol. The van der Waals surface area contributed by atoms with E-state index in [1.165, 1.54) is 0 Å². The Labute approximate surface area is 166 Å². The summed E-state index contributed by atoms with van der Waals surface area (Å²) in [5.41, 5.74) is 0.0647. The van der Waals surface area contributed by atoms with Crippen LogP contribution in [0.5, 0.6) is 11.5 Å². The molecule has 4 rings (SSSR count). The minimum absolute atomic E-state index is 0.0478. The number of likely N-dealkylation sites (tertiary alicyclic amines) is 1. The Morgan fingerprint density at radius 1 is 1.25 bits per heavy atom. The minimum Gasteiger partial charge on any atom is -0.459 e. The van der Waals surface area contributed by atoms with Crippen molar-refractivity contribution in [2.75, 3.05) is 27.5 Å². The van der Waals surface area contributed by atoms with E-state index in [2.05, 4.69) is 30.2 Å². The van der Waals surface area contributed by atoms with E-state index in [1.54, 1.807) is 7.11 Å². The summed E-state index contributed by atoms with van der Waals surface area (Å²) in [6, 6.07) is 6.19. The zero-order valence-corrected chi connectivity index (χ0v) is 17.2. The molecule has 0 N–H and O–H groups in total. The van der Waals surface area contributed by atoms with Crippen LogP contribution in [0.1, 0.15) is 32.8 Å². The van der Waals surface area contributed by atoms with Crippen LogP contribution < -0.4 is 9.47 Å². The van der Waals surface area contributed by atoms with Crippen LogP contribution in [0, 0.1) is 5.41 Å². The van der Waals surface area contributed by atoms with E-state index in [9.17, 15) is 4.79 Å². The molecule has 1 saturated heterocycles. The molecule has 2 heterocycles. The van der Waals surface area contributed by atoms with Gasteiger partial charge in [0.1, 0.15) is 6.10 Å². The third-order valence-electron chi connectivity index (χ3n) is 6.15. The summed E-state index contributed by atoms with van der Waals surface area (Å²) in [7, 11) is 3.82. The first kappa shape index (κ1) is 19.3. The number of rotatable bonds is 3. The summed E-state index contributed by atoms with van der Waals surface area (Å²) < 4.78 is 22.8. The second-order valence-corrected chi connectivity index (χ2v) is 8.97. The van der Waals surface area contributed by atoms with Gasteiger partial charge in [0.2, 0.25) is 6.79 Å². The fourth-order valence-electron chi connectivity index (χ4n) is 4.53. The molecular weight excluding hydrogens is 358 g/mol. The number of fused-ring (bicyclic) bond motifs is 2. The molecule has 6 nitrogen and oxygen atoms in total. The predicted molar refractivity (Wildman–Crippen MR) is 105 cm³/mol. The Hall–Kier alpha value is -2.05. The van der Waals surface area contributed by atoms with E-state index in [1.807, 2.05) is 32.9 Å². The number of esters is 1. The Balaban J connectivity index is 1.79. The quantitative estimate of drug-likeness (QED) is 0.587. The third kappa shape index (κ3) is 2.99. The lowest BCUT2D eigenvalue weighted by Gasteiger charge is -2.42. The number of carbonyl (C=O) groups excluding carboxylic acids is 1. The standard InChI is InChI=1S/C22H29NO5/c1-21(2,3)20(24)28-19-12-23(4)18-11-15(25-5)8-9-22(18,19)14-6-7-16-17(10-14)27-13-26-16/h6-10,15,18-19H,11-13H2,1-5H3/t15-,18+,19+,22+/m0/s1. The molecule has 2 aliphatic heterocycles. The van der Waals surface area contributed by atoms with E-state index in [-0.39, 0.29) is 31.0 Å². The van der Waals surface area contributed by atoms with Crippen molar-refractivity contribution >= 4 is 5.97 Å². The SMILES string of the molecule is CO[C@H]1C=C[C@]2(c3ccc4c(c3)OCO4)[C@H](OC(=O)C(C)(C)C)CN(C)[C@@H]2C1. The zero-order chi connectivity index (χ0) is 20.1. The molecule has 6 heteroatoms. The lowest BCUT2D eigenvalue weighted by molar-refractivity contribution is -0.160. The van der Waals surface area contributed by atoms with Crippen LogP contribution in [0.2, 0.25) is 0 Å². The van der Waals surface area contributed by atoms with Gasteiger partial charge in [-0.2, -0.15) is 0 Å². The van der Waals surface area contributed by atoms with Crippen molar-refractivity contribution in [3.05, 3.63) is 35.9 Å². The molecule has 1 aromatic carbocycles. The van der Waals surface area contributed by atoms with Gasteiger partial charge in [-0.3, -0.25) is 9.69 Å². The van der Waals surface area contributed by atoms with Crippen molar-refractivity contribution in [3.8, 4) is 11.5 Å². The van der Waals surface area contributed by atoms with Crippen LogP contribution in [0.15, 0.2) is 30.4 Å². The first-order chi connectivity index (χ1) is 13.3. The molecule has 1 aromatic rings. The van der Waals surface area contributed by atoms with Crippen molar-refractivity contribution in [1.29, 1.82) is 0 Å². The Morgan fingerprint density at radius 2 is 2.00 bits per heavy atom. The van der Waals surface area contributed by atoms with Gasteiger partial charge in [0.05, 0.1) is 16.9 Å². The molecule has 0 bridgehead atoms. The van der Waals surface area contributed by atoms with Crippen LogP contribution in [-0.2, 0) is 19.7 Å². The number of methoxy groups -OCH3 is 1. The molecule has 152 valence electrons. The zero-order valence-electron chi connectivity index (χ0n) is 17.2. The first-order valence-electron chi connectivity index (χ1n) is 9.79. The molecule has 1 aliphatic carbocycles. The lowest BCUT2D eigenvalue weighted by atomic mass is 9.68. The molecule has 0 aromatic heterocycles. The molecule has 0 radical (unpaired) electrons.